The number of rotatable bonds is 11. The molecule has 10 heteroatoms. The zero-order valence-electron chi connectivity index (χ0n) is 20.5. The van der Waals surface area contributed by atoms with Crippen molar-refractivity contribution in [3.8, 4) is 11.5 Å². The number of benzene rings is 2. The molecule has 0 bridgehead atoms. The second-order valence-corrected chi connectivity index (χ2v) is 11.0. The third kappa shape index (κ3) is 7.25. The van der Waals surface area contributed by atoms with E-state index in [1.165, 1.54) is 45.3 Å². The number of amides is 1. The van der Waals surface area contributed by atoms with Crippen molar-refractivity contribution in [2.24, 2.45) is 5.92 Å². The van der Waals surface area contributed by atoms with Crippen LogP contribution >= 0.6 is 11.6 Å². The summed E-state index contributed by atoms with van der Waals surface area (Å²) in [5.74, 6) is 1.08. The Bertz CT molecular complexity index is 1090. The van der Waals surface area contributed by atoms with Crippen molar-refractivity contribution in [1.29, 1.82) is 0 Å². The summed E-state index contributed by atoms with van der Waals surface area (Å²) >= 11 is 6.00. The highest BCUT2D eigenvalue weighted by atomic mass is 35.5. The Hall–Kier alpha value is -2.49. The highest BCUT2D eigenvalue weighted by molar-refractivity contribution is 7.92. The normalized spacial score (nSPS) is 15.0. The van der Waals surface area contributed by atoms with Gasteiger partial charge in [-0.1, -0.05) is 18.5 Å². The van der Waals surface area contributed by atoms with Crippen molar-refractivity contribution < 1.29 is 22.7 Å². The number of sulfonamides is 1. The Morgan fingerprint density at radius 2 is 1.74 bits per heavy atom. The van der Waals surface area contributed by atoms with Crippen molar-refractivity contribution in [3.05, 3.63) is 47.5 Å². The van der Waals surface area contributed by atoms with E-state index in [0.717, 1.165) is 36.3 Å². The molecular weight excluding hydrogens is 490 g/mol. The van der Waals surface area contributed by atoms with E-state index in [0.29, 0.717) is 23.0 Å². The standard InChI is InChI=1S/C25H34ClN3O5S/c1-19-11-15-28(16-12-19)14-4-13-27-25(30)18-29(21-7-5-20(26)6-8-21)35(31,32)22-9-10-23(33-2)24(17-22)34-3/h5-10,17,19H,4,11-16,18H2,1-3H3,(H,27,30). The number of ether oxygens (including phenoxy) is 2. The van der Waals surface area contributed by atoms with E-state index in [9.17, 15) is 13.2 Å². The van der Waals surface area contributed by atoms with Crippen LogP contribution in [0.3, 0.4) is 0 Å². The lowest BCUT2D eigenvalue weighted by Gasteiger charge is -2.30. The molecule has 2 aromatic carbocycles. The van der Waals surface area contributed by atoms with E-state index < -0.39 is 10.0 Å². The SMILES string of the molecule is COc1ccc(S(=O)(=O)N(CC(=O)NCCCN2CCC(C)CC2)c2ccc(Cl)cc2)cc1OC. The summed E-state index contributed by atoms with van der Waals surface area (Å²) in [6.45, 7) is 5.49. The quantitative estimate of drug-likeness (QED) is 0.451. The summed E-state index contributed by atoms with van der Waals surface area (Å²) in [7, 11) is -1.18. The van der Waals surface area contributed by atoms with Crippen LogP contribution in [0, 0.1) is 5.92 Å². The van der Waals surface area contributed by atoms with Crippen LogP contribution in [-0.2, 0) is 14.8 Å². The van der Waals surface area contributed by atoms with Gasteiger partial charge in [-0.05, 0) is 81.2 Å². The van der Waals surface area contributed by atoms with E-state index in [2.05, 4.69) is 17.1 Å². The molecule has 8 nitrogen and oxygen atoms in total. The van der Waals surface area contributed by atoms with E-state index in [1.807, 2.05) is 0 Å². The van der Waals surface area contributed by atoms with Crippen molar-refractivity contribution in [1.82, 2.24) is 10.2 Å². The molecule has 1 aliphatic heterocycles. The fraction of sp³-hybridized carbons (Fsp3) is 0.480. The van der Waals surface area contributed by atoms with Crippen LogP contribution in [0.4, 0.5) is 5.69 Å². The van der Waals surface area contributed by atoms with E-state index >= 15 is 0 Å². The number of carbonyl (C=O) groups is 1. The summed E-state index contributed by atoms with van der Waals surface area (Å²) in [5.41, 5.74) is 0.335. The average Bonchev–Trinajstić information content (AvgIpc) is 2.86. The maximum absolute atomic E-state index is 13.6. The monoisotopic (exact) mass is 523 g/mol. The summed E-state index contributed by atoms with van der Waals surface area (Å²) < 4.78 is 38.7. The van der Waals surface area contributed by atoms with Crippen molar-refractivity contribution in [2.45, 2.75) is 31.1 Å². The van der Waals surface area contributed by atoms with Crippen LogP contribution in [0.15, 0.2) is 47.4 Å². The van der Waals surface area contributed by atoms with Gasteiger partial charge in [-0.15, -0.1) is 0 Å². The molecular formula is C25H34ClN3O5S. The van der Waals surface area contributed by atoms with Crippen LogP contribution in [-0.4, -0.2) is 66.2 Å². The molecule has 1 heterocycles. The molecule has 0 atom stereocenters. The molecule has 0 unspecified atom stereocenters. The van der Waals surface area contributed by atoms with Gasteiger partial charge in [0.1, 0.15) is 6.54 Å². The lowest BCUT2D eigenvalue weighted by atomic mass is 9.99. The van der Waals surface area contributed by atoms with Gasteiger partial charge in [0.05, 0.1) is 24.8 Å². The molecule has 1 saturated heterocycles. The highest BCUT2D eigenvalue weighted by Crippen LogP contribution is 2.32. The minimum atomic E-state index is -4.09. The molecule has 1 fully saturated rings. The molecule has 35 heavy (non-hydrogen) atoms. The number of piperidine rings is 1. The zero-order valence-corrected chi connectivity index (χ0v) is 22.1. The van der Waals surface area contributed by atoms with Gasteiger partial charge in [-0.3, -0.25) is 9.10 Å². The second kappa shape index (κ2) is 12.5. The predicted octanol–water partition coefficient (Wildman–Crippen LogP) is 3.79. The Balaban J connectivity index is 1.71. The van der Waals surface area contributed by atoms with Crippen LogP contribution in [0.25, 0.3) is 0 Å². The van der Waals surface area contributed by atoms with Gasteiger partial charge in [0.2, 0.25) is 5.91 Å². The summed E-state index contributed by atoms with van der Waals surface area (Å²) in [4.78, 5) is 15.2. The van der Waals surface area contributed by atoms with Crippen LogP contribution in [0.5, 0.6) is 11.5 Å². The summed E-state index contributed by atoms with van der Waals surface area (Å²) in [6.07, 6.45) is 3.22. The second-order valence-electron chi connectivity index (χ2n) is 8.73. The van der Waals surface area contributed by atoms with Crippen molar-refractivity contribution in [2.75, 3.05) is 51.2 Å². The first-order valence-electron chi connectivity index (χ1n) is 11.7. The van der Waals surface area contributed by atoms with Gasteiger partial charge in [-0.25, -0.2) is 8.42 Å². The maximum Gasteiger partial charge on any atom is 0.264 e. The van der Waals surface area contributed by atoms with Gasteiger partial charge in [0.25, 0.3) is 10.0 Å². The largest absolute Gasteiger partial charge is 0.493 e. The van der Waals surface area contributed by atoms with E-state index in [4.69, 9.17) is 21.1 Å². The molecule has 2 aromatic rings. The number of carbonyl (C=O) groups excluding carboxylic acids is 1. The molecule has 0 aliphatic carbocycles. The van der Waals surface area contributed by atoms with Crippen LogP contribution in [0.1, 0.15) is 26.2 Å². The summed E-state index contributed by atoms with van der Waals surface area (Å²) in [5, 5.41) is 3.33. The molecule has 0 radical (unpaired) electrons. The average molecular weight is 524 g/mol. The van der Waals surface area contributed by atoms with Crippen LogP contribution in [0.2, 0.25) is 5.02 Å². The first-order valence-corrected chi connectivity index (χ1v) is 13.6. The zero-order chi connectivity index (χ0) is 25.4. The van der Waals surface area contributed by atoms with Crippen molar-refractivity contribution in [3.63, 3.8) is 0 Å². The number of halogens is 1. The van der Waals surface area contributed by atoms with E-state index in [-0.39, 0.29) is 23.1 Å². The molecule has 1 amide bonds. The highest BCUT2D eigenvalue weighted by Gasteiger charge is 2.28. The first kappa shape index (κ1) is 27.1. The van der Waals surface area contributed by atoms with Gasteiger partial charge in [-0.2, -0.15) is 0 Å². The molecule has 0 aromatic heterocycles. The number of hydrogen-bond donors (Lipinski definition) is 1. The Labute approximate surface area is 213 Å². The molecule has 192 valence electrons. The van der Waals surface area contributed by atoms with Crippen LogP contribution < -0.4 is 19.1 Å². The van der Waals surface area contributed by atoms with E-state index in [1.54, 1.807) is 24.3 Å². The number of likely N-dealkylation sites (tertiary alicyclic amines) is 1. The number of methoxy groups -OCH3 is 2. The third-order valence-corrected chi connectivity index (χ3v) is 8.22. The van der Waals surface area contributed by atoms with Gasteiger partial charge in [0, 0.05) is 17.6 Å². The topological polar surface area (TPSA) is 88.2 Å². The minimum Gasteiger partial charge on any atom is -0.493 e. The smallest absolute Gasteiger partial charge is 0.264 e. The van der Waals surface area contributed by atoms with Gasteiger partial charge in [0.15, 0.2) is 11.5 Å². The lowest BCUT2D eigenvalue weighted by Crippen LogP contribution is -2.42. The maximum atomic E-state index is 13.6. The third-order valence-electron chi connectivity index (χ3n) is 6.19. The predicted molar refractivity (Wildman–Crippen MR) is 138 cm³/mol. The summed E-state index contributed by atoms with van der Waals surface area (Å²) in [6, 6.07) is 10.7. The van der Waals surface area contributed by atoms with Gasteiger partial charge >= 0.3 is 0 Å². The number of nitrogens with zero attached hydrogens (tertiary/aromatic N) is 2. The Morgan fingerprint density at radius 1 is 1.09 bits per heavy atom. The molecule has 0 saturated carbocycles. The number of anilines is 1. The lowest BCUT2D eigenvalue weighted by molar-refractivity contribution is -0.119. The Morgan fingerprint density at radius 3 is 2.37 bits per heavy atom. The minimum absolute atomic E-state index is 0.0165. The van der Waals surface area contributed by atoms with Gasteiger partial charge < -0.3 is 19.7 Å². The molecule has 1 N–H and O–H groups in total. The molecule has 3 rings (SSSR count). The fourth-order valence-corrected chi connectivity index (χ4v) is 5.59. The fourth-order valence-electron chi connectivity index (χ4n) is 4.03. The first-order chi connectivity index (χ1) is 16.7. The van der Waals surface area contributed by atoms with Crippen molar-refractivity contribution >= 4 is 33.2 Å². The molecule has 0 spiro atoms. The molecule has 1 aliphatic rings. The Kier molecular flexibility index (Phi) is 9.65. The number of nitrogens with one attached hydrogen (secondary N) is 1. The number of hydrogen-bond acceptors (Lipinski definition) is 6.